The summed E-state index contributed by atoms with van der Waals surface area (Å²) in [6.45, 7) is 0. The van der Waals surface area contributed by atoms with Gasteiger partial charge in [0.15, 0.2) is 0 Å². The maximum absolute atomic E-state index is 9.37. The number of phenols is 2. The lowest BCUT2D eigenvalue weighted by Gasteiger charge is -2.03. The Morgan fingerprint density at radius 2 is 1.56 bits per heavy atom. The SMILES string of the molecule is Oc1ccc(C=Cc2ccc(O)cc2CCl)cc1. The Morgan fingerprint density at radius 3 is 2.22 bits per heavy atom. The second-order valence-corrected chi connectivity index (χ2v) is 4.21. The first-order valence-electron chi connectivity index (χ1n) is 5.54. The fourth-order valence-corrected chi connectivity index (χ4v) is 1.87. The van der Waals surface area contributed by atoms with Crippen LogP contribution < -0.4 is 0 Å². The van der Waals surface area contributed by atoms with Crippen LogP contribution in [0.5, 0.6) is 11.5 Å². The first-order chi connectivity index (χ1) is 8.69. The topological polar surface area (TPSA) is 40.5 Å². The standard InChI is InChI=1S/C15H13ClO2/c16-10-13-9-15(18)8-5-12(13)4-1-11-2-6-14(17)7-3-11/h1-9,17-18H,10H2. The molecule has 0 aliphatic carbocycles. The molecule has 0 fully saturated rings. The number of rotatable bonds is 3. The number of alkyl halides is 1. The summed E-state index contributed by atoms with van der Waals surface area (Å²) in [6, 6.07) is 12.0. The lowest BCUT2D eigenvalue weighted by atomic mass is 10.1. The molecule has 0 saturated heterocycles. The van der Waals surface area contributed by atoms with Gasteiger partial charge in [-0.2, -0.15) is 0 Å². The Labute approximate surface area is 111 Å². The molecular formula is C15H13ClO2. The second-order valence-electron chi connectivity index (χ2n) is 3.94. The van der Waals surface area contributed by atoms with Crippen molar-refractivity contribution in [2.24, 2.45) is 0 Å². The van der Waals surface area contributed by atoms with Crippen LogP contribution in [0.15, 0.2) is 42.5 Å². The zero-order chi connectivity index (χ0) is 13.0. The summed E-state index contributed by atoms with van der Waals surface area (Å²) in [5.41, 5.74) is 2.84. The molecule has 2 N–H and O–H groups in total. The van der Waals surface area contributed by atoms with E-state index in [1.165, 1.54) is 0 Å². The molecule has 0 aromatic heterocycles. The molecule has 2 nitrogen and oxygen atoms in total. The Balaban J connectivity index is 2.25. The van der Waals surface area contributed by atoms with E-state index in [2.05, 4.69) is 0 Å². The maximum atomic E-state index is 9.37. The van der Waals surface area contributed by atoms with E-state index in [0.717, 1.165) is 16.7 Å². The zero-order valence-corrected chi connectivity index (χ0v) is 10.4. The minimum absolute atomic E-state index is 0.215. The van der Waals surface area contributed by atoms with Crippen molar-refractivity contribution >= 4 is 23.8 Å². The van der Waals surface area contributed by atoms with E-state index in [1.807, 2.05) is 30.4 Å². The quantitative estimate of drug-likeness (QED) is 0.647. The predicted octanol–water partition coefficient (Wildman–Crippen LogP) is 4.01. The fraction of sp³-hybridized carbons (Fsp3) is 0.0667. The van der Waals surface area contributed by atoms with Gasteiger partial charge >= 0.3 is 0 Å². The van der Waals surface area contributed by atoms with Crippen LogP contribution >= 0.6 is 11.6 Å². The van der Waals surface area contributed by atoms with Crippen molar-refractivity contribution in [2.45, 2.75) is 5.88 Å². The van der Waals surface area contributed by atoms with Crippen molar-refractivity contribution in [1.82, 2.24) is 0 Å². The maximum Gasteiger partial charge on any atom is 0.115 e. The van der Waals surface area contributed by atoms with Crippen molar-refractivity contribution in [2.75, 3.05) is 0 Å². The van der Waals surface area contributed by atoms with Gasteiger partial charge in [-0.05, 0) is 41.0 Å². The van der Waals surface area contributed by atoms with Crippen molar-refractivity contribution in [3.8, 4) is 11.5 Å². The molecule has 92 valence electrons. The third-order valence-corrected chi connectivity index (χ3v) is 2.91. The van der Waals surface area contributed by atoms with E-state index in [1.54, 1.807) is 24.3 Å². The van der Waals surface area contributed by atoms with Gasteiger partial charge < -0.3 is 10.2 Å². The molecule has 0 aliphatic heterocycles. The average molecular weight is 261 g/mol. The lowest BCUT2D eigenvalue weighted by Crippen LogP contribution is -1.83. The van der Waals surface area contributed by atoms with Gasteiger partial charge in [-0.25, -0.2) is 0 Å². The van der Waals surface area contributed by atoms with E-state index in [4.69, 9.17) is 11.6 Å². The number of phenolic OH excluding ortho intramolecular Hbond substituents is 2. The van der Waals surface area contributed by atoms with Gasteiger partial charge in [0.1, 0.15) is 11.5 Å². The highest BCUT2D eigenvalue weighted by Crippen LogP contribution is 2.21. The largest absolute Gasteiger partial charge is 0.508 e. The molecular weight excluding hydrogens is 248 g/mol. The summed E-state index contributed by atoms with van der Waals surface area (Å²) in [5, 5.41) is 18.6. The molecule has 0 radical (unpaired) electrons. The lowest BCUT2D eigenvalue weighted by molar-refractivity contribution is 0.474. The number of hydrogen-bond acceptors (Lipinski definition) is 2. The normalized spacial score (nSPS) is 10.9. The van der Waals surface area contributed by atoms with Gasteiger partial charge in [0.05, 0.1) is 0 Å². The summed E-state index contributed by atoms with van der Waals surface area (Å²) in [7, 11) is 0. The molecule has 0 spiro atoms. The van der Waals surface area contributed by atoms with Crippen molar-refractivity contribution in [1.29, 1.82) is 0 Å². The number of hydrogen-bond donors (Lipinski definition) is 2. The Hall–Kier alpha value is -1.93. The van der Waals surface area contributed by atoms with Gasteiger partial charge in [-0.1, -0.05) is 30.4 Å². The molecule has 0 saturated carbocycles. The number of halogens is 1. The molecule has 2 rings (SSSR count). The Kier molecular flexibility index (Phi) is 3.90. The third kappa shape index (κ3) is 3.05. The zero-order valence-electron chi connectivity index (χ0n) is 9.68. The van der Waals surface area contributed by atoms with E-state index in [-0.39, 0.29) is 11.5 Å². The summed E-state index contributed by atoms with van der Waals surface area (Å²) in [5.74, 6) is 0.814. The minimum Gasteiger partial charge on any atom is -0.508 e. The molecule has 2 aromatic rings. The summed E-state index contributed by atoms with van der Waals surface area (Å²) < 4.78 is 0. The third-order valence-electron chi connectivity index (χ3n) is 2.62. The summed E-state index contributed by atoms with van der Waals surface area (Å²) >= 11 is 5.83. The highest BCUT2D eigenvalue weighted by Gasteiger charge is 1.99. The molecule has 0 unspecified atom stereocenters. The average Bonchev–Trinajstić information content (AvgIpc) is 2.39. The fourth-order valence-electron chi connectivity index (χ4n) is 1.64. The van der Waals surface area contributed by atoms with Crippen molar-refractivity contribution in [3.05, 3.63) is 59.2 Å². The Morgan fingerprint density at radius 1 is 0.889 bits per heavy atom. The van der Waals surface area contributed by atoms with Gasteiger partial charge in [0.2, 0.25) is 0 Å². The van der Waals surface area contributed by atoms with Gasteiger partial charge in [-0.15, -0.1) is 11.6 Å². The van der Waals surface area contributed by atoms with E-state index in [9.17, 15) is 10.2 Å². The Bertz CT molecular complexity index is 559. The predicted molar refractivity (Wildman–Crippen MR) is 74.7 cm³/mol. The minimum atomic E-state index is 0.215. The van der Waals surface area contributed by atoms with Crippen molar-refractivity contribution < 1.29 is 10.2 Å². The first kappa shape index (κ1) is 12.5. The second kappa shape index (κ2) is 5.61. The summed E-state index contributed by atoms with van der Waals surface area (Å²) in [6.07, 6.45) is 3.87. The molecule has 0 amide bonds. The van der Waals surface area contributed by atoms with Crippen LogP contribution in [0.4, 0.5) is 0 Å². The first-order valence-corrected chi connectivity index (χ1v) is 6.07. The van der Waals surface area contributed by atoms with Crippen LogP contribution in [-0.2, 0) is 5.88 Å². The van der Waals surface area contributed by atoms with Crippen LogP contribution in [-0.4, -0.2) is 10.2 Å². The highest BCUT2D eigenvalue weighted by molar-refractivity contribution is 6.17. The molecule has 3 heteroatoms. The number of aromatic hydroxyl groups is 2. The smallest absolute Gasteiger partial charge is 0.115 e. The van der Waals surface area contributed by atoms with Gasteiger partial charge in [0.25, 0.3) is 0 Å². The van der Waals surface area contributed by atoms with Crippen molar-refractivity contribution in [3.63, 3.8) is 0 Å². The van der Waals surface area contributed by atoms with Crippen LogP contribution in [0.2, 0.25) is 0 Å². The molecule has 18 heavy (non-hydrogen) atoms. The molecule has 0 atom stereocenters. The monoisotopic (exact) mass is 260 g/mol. The van der Waals surface area contributed by atoms with E-state index < -0.39 is 0 Å². The molecule has 0 heterocycles. The molecule has 0 aliphatic rings. The molecule has 0 bridgehead atoms. The van der Waals surface area contributed by atoms with Gasteiger partial charge in [0, 0.05) is 5.88 Å². The molecule has 2 aromatic carbocycles. The van der Waals surface area contributed by atoms with Crippen LogP contribution in [0.3, 0.4) is 0 Å². The number of benzene rings is 2. The van der Waals surface area contributed by atoms with Crippen LogP contribution in [0.25, 0.3) is 12.2 Å². The van der Waals surface area contributed by atoms with Crippen LogP contribution in [0, 0.1) is 0 Å². The van der Waals surface area contributed by atoms with E-state index >= 15 is 0 Å². The van der Waals surface area contributed by atoms with E-state index in [0.29, 0.717) is 5.88 Å². The highest BCUT2D eigenvalue weighted by atomic mass is 35.5. The van der Waals surface area contributed by atoms with Crippen LogP contribution in [0.1, 0.15) is 16.7 Å². The van der Waals surface area contributed by atoms with Gasteiger partial charge in [-0.3, -0.25) is 0 Å². The summed E-state index contributed by atoms with van der Waals surface area (Å²) in [4.78, 5) is 0.